The van der Waals surface area contributed by atoms with Crippen molar-refractivity contribution in [3.8, 4) is 11.4 Å². The van der Waals surface area contributed by atoms with Gasteiger partial charge in [-0.15, -0.1) is 0 Å². The van der Waals surface area contributed by atoms with Gasteiger partial charge in [0.15, 0.2) is 5.82 Å². The molecule has 152 valence electrons. The molecule has 5 rings (SSSR count). The van der Waals surface area contributed by atoms with Gasteiger partial charge in [-0.05, 0) is 49.3 Å². The van der Waals surface area contributed by atoms with Crippen LogP contribution in [0.5, 0.6) is 5.75 Å². The zero-order valence-electron chi connectivity index (χ0n) is 16.4. The Morgan fingerprint density at radius 3 is 2.70 bits per heavy atom. The van der Waals surface area contributed by atoms with Crippen molar-refractivity contribution in [2.45, 2.75) is 25.9 Å². The minimum atomic E-state index is -0.0921. The van der Waals surface area contributed by atoms with Crippen LogP contribution in [0, 0.1) is 0 Å². The summed E-state index contributed by atoms with van der Waals surface area (Å²) in [5, 5.41) is 0. The SMILES string of the molecule is NCC(=O)N1Cc2c(n(-c3ccc(OC4=CCCC=C4)cc3)c3c(N)ncnc23)C1. The first-order valence-corrected chi connectivity index (χ1v) is 9.91. The summed E-state index contributed by atoms with van der Waals surface area (Å²) in [6, 6.07) is 7.80. The van der Waals surface area contributed by atoms with Crippen LogP contribution in [0.4, 0.5) is 5.82 Å². The van der Waals surface area contributed by atoms with Crippen LogP contribution in [0.1, 0.15) is 24.1 Å². The lowest BCUT2D eigenvalue weighted by Gasteiger charge is -2.17. The van der Waals surface area contributed by atoms with E-state index in [0.29, 0.717) is 18.9 Å². The van der Waals surface area contributed by atoms with Crippen molar-refractivity contribution in [2.75, 3.05) is 12.3 Å². The van der Waals surface area contributed by atoms with E-state index in [2.05, 4.69) is 22.1 Å². The predicted molar refractivity (Wildman–Crippen MR) is 114 cm³/mol. The Hall–Kier alpha value is -3.65. The highest BCUT2D eigenvalue weighted by atomic mass is 16.5. The second-order valence-corrected chi connectivity index (χ2v) is 7.35. The second kappa shape index (κ2) is 7.31. The number of nitrogens with two attached hydrogens (primary N) is 2. The number of carbonyl (C=O) groups is 1. The number of amides is 1. The highest BCUT2D eigenvalue weighted by Crippen LogP contribution is 2.36. The first-order chi connectivity index (χ1) is 14.7. The molecule has 3 aromatic rings. The molecule has 2 aromatic heterocycles. The standard InChI is InChI=1S/C22H22N6O2/c23-10-19(29)27-11-17-18(12-27)28(21-20(17)25-13-26-22(21)24)14-6-8-16(9-7-14)30-15-4-2-1-3-5-15/h2,4-9,13H,1,3,10-12,23H2,(H2,24,25,26). The molecule has 3 heterocycles. The molecule has 0 saturated carbocycles. The Kier molecular flexibility index (Phi) is 4.48. The third-order valence-corrected chi connectivity index (χ3v) is 5.49. The molecule has 1 aromatic carbocycles. The summed E-state index contributed by atoms with van der Waals surface area (Å²) in [5.74, 6) is 1.93. The van der Waals surface area contributed by atoms with Gasteiger partial charge in [-0.1, -0.05) is 6.08 Å². The van der Waals surface area contributed by atoms with Gasteiger partial charge in [-0.2, -0.15) is 0 Å². The summed E-state index contributed by atoms with van der Waals surface area (Å²) in [7, 11) is 0. The molecular formula is C22H22N6O2. The van der Waals surface area contributed by atoms with Crippen LogP contribution >= 0.6 is 0 Å². The molecule has 1 aliphatic heterocycles. The number of hydrogen-bond donors (Lipinski definition) is 2. The number of benzene rings is 1. The van der Waals surface area contributed by atoms with Gasteiger partial charge in [0.05, 0.1) is 30.8 Å². The maximum atomic E-state index is 12.2. The smallest absolute Gasteiger partial charge is 0.236 e. The number of allylic oxidation sites excluding steroid dienone is 3. The van der Waals surface area contributed by atoms with Crippen molar-refractivity contribution in [1.29, 1.82) is 0 Å². The number of aromatic nitrogens is 3. The fourth-order valence-electron chi connectivity index (χ4n) is 4.05. The number of rotatable bonds is 4. The van der Waals surface area contributed by atoms with Gasteiger partial charge in [0, 0.05) is 11.3 Å². The molecule has 4 N–H and O–H groups in total. The van der Waals surface area contributed by atoms with Crippen molar-refractivity contribution < 1.29 is 9.53 Å². The van der Waals surface area contributed by atoms with Gasteiger partial charge in [-0.25, -0.2) is 9.97 Å². The van der Waals surface area contributed by atoms with Crippen LogP contribution in [0.3, 0.4) is 0 Å². The fourth-order valence-corrected chi connectivity index (χ4v) is 4.05. The molecular weight excluding hydrogens is 380 g/mol. The number of fused-ring (bicyclic) bond motifs is 3. The maximum Gasteiger partial charge on any atom is 0.236 e. The predicted octanol–water partition coefficient (Wildman–Crippen LogP) is 2.42. The van der Waals surface area contributed by atoms with Crippen molar-refractivity contribution in [3.05, 3.63) is 65.8 Å². The summed E-state index contributed by atoms with van der Waals surface area (Å²) in [6.07, 6.45) is 9.67. The second-order valence-electron chi connectivity index (χ2n) is 7.35. The van der Waals surface area contributed by atoms with E-state index < -0.39 is 0 Å². The molecule has 0 spiro atoms. The minimum Gasteiger partial charge on any atom is -0.458 e. The molecule has 8 nitrogen and oxygen atoms in total. The van der Waals surface area contributed by atoms with Gasteiger partial charge in [0.2, 0.25) is 5.91 Å². The topological polar surface area (TPSA) is 112 Å². The highest BCUT2D eigenvalue weighted by Gasteiger charge is 2.31. The van der Waals surface area contributed by atoms with Crippen molar-refractivity contribution in [1.82, 2.24) is 19.4 Å². The number of anilines is 1. The first-order valence-electron chi connectivity index (χ1n) is 9.91. The van der Waals surface area contributed by atoms with Gasteiger partial charge in [0.25, 0.3) is 0 Å². The Balaban J connectivity index is 1.55. The summed E-state index contributed by atoms with van der Waals surface area (Å²) < 4.78 is 7.98. The Labute approximate surface area is 173 Å². The highest BCUT2D eigenvalue weighted by molar-refractivity contribution is 5.92. The van der Waals surface area contributed by atoms with Crippen molar-refractivity contribution in [2.24, 2.45) is 5.73 Å². The molecule has 1 aliphatic carbocycles. The number of nitrogen functional groups attached to an aromatic ring is 1. The molecule has 2 aliphatic rings. The van der Waals surface area contributed by atoms with E-state index in [0.717, 1.165) is 52.3 Å². The Bertz CT molecular complexity index is 1190. The molecule has 0 bridgehead atoms. The zero-order chi connectivity index (χ0) is 20.7. The van der Waals surface area contributed by atoms with Crippen LogP contribution in [-0.4, -0.2) is 31.9 Å². The average Bonchev–Trinajstić information content (AvgIpc) is 3.33. The zero-order valence-corrected chi connectivity index (χ0v) is 16.4. The Morgan fingerprint density at radius 1 is 1.13 bits per heavy atom. The lowest BCUT2D eigenvalue weighted by molar-refractivity contribution is -0.130. The van der Waals surface area contributed by atoms with E-state index in [1.165, 1.54) is 6.33 Å². The third kappa shape index (κ3) is 3.02. The Morgan fingerprint density at radius 2 is 1.97 bits per heavy atom. The van der Waals surface area contributed by atoms with Crippen LogP contribution in [0.25, 0.3) is 16.7 Å². The van der Waals surface area contributed by atoms with Gasteiger partial charge < -0.3 is 25.7 Å². The van der Waals surface area contributed by atoms with E-state index in [1.807, 2.05) is 34.9 Å². The van der Waals surface area contributed by atoms with Gasteiger partial charge in [0.1, 0.15) is 23.4 Å². The minimum absolute atomic E-state index is 0.0182. The van der Waals surface area contributed by atoms with E-state index >= 15 is 0 Å². The van der Waals surface area contributed by atoms with Crippen molar-refractivity contribution in [3.63, 3.8) is 0 Å². The third-order valence-electron chi connectivity index (χ3n) is 5.49. The number of hydrogen-bond acceptors (Lipinski definition) is 6. The van der Waals surface area contributed by atoms with E-state index in [9.17, 15) is 4.79 Å². The largest absolute Gasteiger partial charge is 0.458 e. The van der Waals surface area contributed by atoms with E-state index in [1.54, 1.807) is 4.90 Å². The molecule has 0 atom stereocenters. The quantitative estimate of drug-likeness (QED) is 0.693. The lowest BCUT2D eigenvalue weighted by Crippen LogP contribution is -2.32. The van der Waals surface area contributed by atoms with Crippen LogP contribution < -0.4 is 16.2 Å². The average molecular weight is 402 g/mol. The fraction of sp³-hybridized carbons (Fsp3) is 0.227. The summed E-state index contributed by atoms with van der Waals surface area (Å²) in [4.78, 5) is 22.5. The summed E-state index contributed by atoms with van der Waals surface area (Å²) in [6.45, 7) is 0.903. The molecule has 0 fully saturated rings. The summed E-state index contributed by atoms with van der Waals surface area (Å²) in [5.41, 5.74) is 16.2. The monoisotopic (exact) mass is 402 g/mol. The van der Waals surface area contributed by atoms with Gasteiger partial charge in [-0.3, -0.25) is 4.79 Å². The van der Waals surface area contributed by atoms with Crippen LogP contribution in [0.15, 0.2) is 54.6 Å². The maximum absolute atomic E-state index is 12.2. The van der Waals surface area contributed by atoms with Crippen LogP contribution in [0.2, 0.25) is 0 Å². The normalized spacial score (nSPS) is 15.4. The van der Waals surface area contributed by atoms with E-state index in [-0.39, 0.29) is 12.5 Å². The molecule has 1 amide bonds. The molecule has 30 heavy (non-hydrogen) atoms. The molecule has 0 unspecified atom stereocenters. The molecule has 8 heteroatoms. The first kappa shape index (κ1) is 18.4. The lowest BCUT2D eigenvalue weighted by atomic mass is 10.2. The molecule has 0 radical (unpaired) electrons. The summed E-state index contributed by atoms with van der Waals surface area (Å²) >= 11 is 0. The van der Waals surface area contributed by atoms with Gasteiger partial charge >= 0.3 is 0 Å². The van der Waals surface area contributed by atoms with E-state index in [4.69, 9.17) is 16.2 Å². The number of carbonyl (C=O) groups excluding carboxylic acids is 1. The molecule has 0 saturated heterocycles. The van der Waals surface area contributed by atoms with Crippen LogP contribution in [-0.2, 0) is 17.9 Å². The van der Waals surface area contributed by atoms with Crippen molar-refractivity contribution >= 4 is 22.8 Å². The number of nitrogens with zero attached hydrogens (tertiary/aromatic N) is 4. The number of ether oxygens (including phenoxy) is 1.